The van der Waals surface area contributed by atoms with Crippen LogP contribution in [0.15, 0.2) is 17.0 Å². The van der Waals surface area contributed by atoms with Crippen molar-refractivity contribution in [3.05, 3.63) is 12.0 Å². The lowest BCUT2D eigenvalue weighted by Gasteiger charge is -2.23. The first kappa shape index (κ1) is 10.2. The molecule has 2 nitrogen and oxygen atoms in total. The molecule has 0 spiro atoms. The Bertz CT molecular complexity index is 248. The van der Waals surface area contributed by atoms with Crippen LogP contribution in [0.2, 0.25) is 0 Å². The molecule has 1 rings (SSSR count). The molecule has 3 heteroatoms. The summed E-state index contributed by atoms with van der Waals surface area (Å²) >= 11 is 0. The van der Waals surface area contributed by atoms with E-state index in [9.17, 15) is 4.39 Å². The normalized spacial score (nSPS) is 27.0. The lowest BCUT2D eigenvalue weighted by molar-refractivity contribution is 0.529. The van der Waals surface area contributed by atoms with Gasteiger partial charge in [0.1, 0.15) is 5.84 Å². The third-order valence-electron chi connectivity index (χ3n) is 1.82. The van der Waals surface area contributed by atoms with E-state index in [1.165, 1.54) is 0 Å². The van der Waals surface area contributed by atoms with Gasteiger partial charge in [-0.25, -0.2) is 0 Å². The number of nitrogens with zero attached hydrogens (tertiary/aromatic N) is 1. The molecule has 1 unspecified atom stereocenters. The van der Waals surface area contributed by atoms with E-state index in [4.69, 9.17) is 0 Å². The molecule has 1 N–H and O–H groups in total. The van der Waals surface area contributed by atoms with Crippen LogP contribution in [0.3, 0.4) is 0 Å². The molecule has 1 aliphatic heterocycles. The maximum atomic E-state index is 12.9. The van der Waals surface area contributed by atoms with Crippen LogP contribution in [0.4, 0.5) is 4.39 Å². The van der Waals surface area contributed by atoms with Crippen LogP contribution in [0.5, 0.6) is 0 Å². The van der Waals surface area contributed by atoms with Gasteiger partial charge in [0.2, 0.25) is 0 Å². The Morgan fingerprint density at radius 1 is 1.54 bits per heavy atom. The molecule has 0 amide bonds. The minimum absolute atomic E-state index is 0.145. The number of nitrogens with one attached hydrogen (secondary N) is 1. The number of rotatable bonds is 0. The Morgan fingerprint density at radius 3 is 2.69 bits per heavy atom. The second-order valence-corrected chi connectivity index (χ2v) is 4.48. The zero-order valence-corrected chi connectivity index (χ0v) is 8.69. The number of halogens is 1. The Labute approximate surface area is 78.9 Å². The number of hydrogen-bond acceptors (Lipinski definition) is 1. The monoisotopic (exact) mass is 184 g/mol. The molecule has 0 aromatic carbocycles. The molecule has 0 aromatic rings. The van der Waals surface area contributed by atoms with Gasteiger partial charge in [-0.1, -0.05) is 6.92 Å². The van der Waals surface area contributed by atoms with Crippen LogP contribution in [0.25, 0.3) is 0 Å². The van der Waals surface area contributed by atoms with Gasteiger partial charge in [-0.3, -0.25) is 4.99 Å². The molecule has 1 heterocycles. The van der Waals surface area contributed by atoms with Crippen molar-refractivity contribution < 1.29 is 4.39 Å². The van der Waals surface area contributed by atoms with Crippen LogP contribution >= 0.6 is 0 Å². The van der Waals surface area contributed by atoms with Gasteiger partial charge in [-0.15, -0.1) is 0 Å². The summed E-state index contributed by atoms with van der Waals surface area (Å²) in [6.07, 6.45) is 2.29. The molecule has 0 bridgehead atoms. The van der Waals surface area contributed by atoms with Crippen LogP contribution in [-0.4, -0.2) is 11.4 Å². The Morgan fingerprint density at radius 2 is 2.15 bits per heavy atom. The van der Waals surface area contributed by atoms with Gasteiger partial charge in [0.15, 0.2) is 5.95 Å². The zero-order valence-electron chi connectivity index (χ0n) is 8.69. The van der Waals surface area contributed by atoms with Gasteiger partial charge in [-0.05, 0) is 33.3 Å². The Kier molecular flexibility index (Phi) is 2.74. The van der Waals surface area contributed by atoms with Crippen molar-refractivity contribution >= 4 is 5.84 Å². The van der Waals surface area contributed by atoms with Crippen molar-refractivity contribution in [1.82, 2.24) is 5.32 Å². The maximum Gasteiger partial charge on any atom is 0.188 e. The molecule has 1 atom stereocenters. The van der Waals surface area contributed by atoms with Crippen LogP contribution in [0.1, 0.15) is 34.1 Å². The van der Waals surface area contributed by atoms with Gasteiger partial charge < -0.3 is 5.32 Å². The first-order valence-electron chi connectivity index (χ1n) is 4.61. The third-order valence-corrected chi connectivity index (χ3v) is 1.82. The van der Waals surface area contributed by atoms with Gasteiger partial charge in [0.05, 0.1) is 5.54 Å². The first-order valence-corrected chi connectivity index (χ1v) is 4.61. The van der Waals surface area contributed by atoms with Gasteiger partial charge in [0.25, 0.3) is 0 Å². The lowest BCUT2D eigenvalue weighted by Crippen LogP contribution is -2.33. The van der Waals surface area contributed by atoms with E-state index in [0.717, 1.165) is 12.3 Å². The minimum atomic E-state index is -0.277. The first-order chi connectivity index (χ1) is 5.88. The van der Waals surface area contributed by atoms with E-state index in [0.29, 0.717) is 5.92 Å². The van der Waals surface area contributed by atoms with Crippen molar-refractivity contribution in [1.29, 1.82) is 0 Å². The van der Waals surface area contributed by atoms with Crippen molar-refractivity contribution in [2.45, 2.75) is 39.7 Å². The summed E-state index contributed by atoms with van der Waals surface area (Å²) in [7, 11) is 0. The molecule has 0 aliphatic carbocycles. The number of aliphatic imine (C=N–C) groups is 1. The van der Waals surface area contributed by atoms with Crippen molar-refractivity contribution in [3.8, 4) is 0 Å². The highest BCUT2D eigenvalue weighted by Gasteiger charge is 2.19. The van der Waals surface area contributed by atoms with E-state index in [-0.39, 0.29) is 11.5 Å². The molecular formula is C10H17FN2. The molecule has 0 saturated carbocycles. The van der Waals surface area contributed by atoms with E-state index < -0.39 is 0 Å². The standard InChI is InChI=1S/C10H17FN2/c1-7-5-6-8(11)12-9(7)13-10(2,3)4/h6-7H,5H2,1-4H3,(H,12,13). The average molecular weight is 184 g/mol. The average Bonchev–Trinajstić information content (AvgIpc) is 1.94. The summed E-state index contributed by atoms with van der Waals surface area (Å²) in [6.45, 7) is 8.06. The van der Waals surface area contributed by atoms with Crippen molar-refractivity contribution in [2.75, 3.05) is 0 Å². The third kappa shape index (κ3) is 3.17. The summed E-state index contributed by atoms with van der Waals surface area (Å²) in [6, 6.07) is 0. The molecular weight excluding hydrogens is 167 g/mol. The highest BCUT2D eigenvalue weighted by Crippen LogP contribution is 2.17. The van der Waals surface area contributed by atoms with Crippen LogP contribution in [0, 0.1) is 5.92 Å². The fraction of sp³-hybridized carbons (Fsp3) is 0.700. The van der Waals surface area contributed by atoms with Gasteiger partial charge in [0, 0.05) is 5.92 Å². The smallest absolute Gasteiger partial charge is 0.188 e. The van der Waals surface area contributed by atoms with Gasteiger partial charge >= 0.3 is 0 Å². The zero-order chi connectivity index (χ0) is 10.1. The number of allylic oxidation sites excluding steroid dienone is 1. The predicted octanol–water partition coefficient (Wildman–Crippen LogP) is 2.62. The molecule has 0 radical (unpaired) electrons. The number of hydrogen-bond donors (Lipinski definition) is 1. The molecule has 13 heavy (non-hydrogen) atoms. The van der Waals surface area contributed by atoms with E-state index in [1.54, 1.807) is 6.08 Å². The van der Waals surface area contributed by atoms with E-state index in [2.05, 4.69) is 10.3 Å². The topological polar surface area (TPSA) is 24.4 Å². The summed E-state index contributed by atoms with van der Waals surface area (Å²) in [4.78, 5) is 4.42. The Hall–Kier alpha value is -0.860. The molecule has 0 saturated heterocycles. The van der Waals surface area contributed by atoms with Crippen LogP contribution in [-0.2, 0) is 0 Å². The summed E-state index contributed by atoms with van der Waals surface area (Å²) in [5.41, 5.74) is -0.145. The second-order valence-electron chi connectivity index (χ2n) is 4.48. The van der Waals surface area contributed by atoms with Crippen molar-refractivity contribution in [2.24, 2.45) is 10.9 Å². The minimum Gasteiger partial charge on any atom is -0.321 e. The second kappa shape index (κ2) is 3.48. The summed E-state index contributed by atoms with van der Waals surface area (Å²) in [5, 5.41) is 2.67. The SMILES string of the molecule is CC1CC=C(F)NC1=NC(C)(C)C. The highest BCUT2D eigenvalue weighted by atomic mass is 19.1. The Balaban J connectivity index is 2.81. The largest absolute Gasteiger partial charge is 0.321 e. The highest BCUT2D eigenvalue weighted by molar-refractivity contribution is 5.86. The van der Waals surface area contributed by atoms with E-state index in [1.807, 2.05) is 27.7 Å². The fourth-order valence-electron chi connectivity index (χ4n) is 1.19. The molecule has 1 aliphatic rings. The lowest BCUT2D eigenvalue weighted by atomic mass is 10.0. The summed E-state index contributed by atoms with van der Waals surface area (Å²) < 4.78 is 12.9. The van der Waals surface area contributed by atoms with Crippen molar-refractivity contribution in [3.63, 3.8) is 0 Å². The predicted molar refractivity (Wildman–Crippen MR) is 53.3 cm³/mol. The molecule has 74 valence electrons. The van der Waals surface area contributed by atoms with E-state index >= 15 is 0 Å². The molecule has 0 fully saturated rings. The maximum absolute atomic E-state index is 12.9. The number of amidine groups is 1. The molecule has 0 aromatic heterocycles. The quantitative estimate of drug-likeness (QED) is 0.575. The van der Waals surface area contributed by atoms with Crippen LogP contribution < -0.4 is 5.32 Å². The fourth-order valence-corrected chi connectivity index (χ4v) is 1.19. The van der Waals surface area contributed by atoms with Gasteiger partial charge in [-0.2, -0.15) is 4.39 Å². The summed E-state index contributed by atoms with van der Waals surface area (Å²) in [5.74, 6) is 0.771.